The Bertz CT molecular complexity index is 792. The maximum absolute atomic E-state index is 12.1. The van der Waals surface area contributed by atoms with Crippen molar-refractivity contribution >= 4 is 37.6 Å². The monoisotopic (exact) mass is 372 g/mol. The summed E-state index contributed by atoms with van der Waals surface area (Å²) in [5.41, 5.74) is 0.628. The Morgan fingerprint density at radius 1 is 1.29 bits per heavy atom. The fourth-order valence-electron chi connectivity index (χ4n) is 1.47. The van der Waals surface area contributed by atoms with Gasteiger partial charge in [0.15, 0.2) is 6.20 Å². The molecule has 0 aliphatic rings. The predicted octanol–water partition coefficient (Wildman–Crippen LogP) is 2.26. The SMILES string of the molecule is Cc1cc(Br)cnc1NS(=O)(=O)c1ccc([N+](=O)[O-])nc1. The van der Waals surface area contributed by atoms with Crippen molar-refractivity contribution in [2.75, 3.05) is 4.72 Å². The van der Waals surface area contributed by atoms with E-state index in [2.05, 4.69) is 30.6 Å². The van der Waals surface area contributed by atoms with Crippen molar-refractivity contribution in [3.8, 4) is 0 Å². The molecular weight excluding hydrogens is 364 g/mol. The Balaban J connectivity index is 2.31. The molecule has 0 unspecified atom stereocenters. The number of aromatic nitrogens is 2. The summed E-state index contributed by atoms with van der Waals surface area (Å²) in [7, 11) is -3.90. The minimum atomic E-state index is -3.90. The van der Waals surface area contributed by atoms with Crippen LogP contribution in [0.3, 0.4) is 0 Å². The van der Waals surface area contributed by atoms with Crippen LogP contribution in [0.25, 0.3) is 0 Å². The van der Waals surface area contributed by atoms with E-state index in [0.717, 1.165) is 22.8 Å². The molecular formula is C11H9BrN4O4S. The minimum Gasteiger partial charge on any atom is -0.358 e. The summed E-state index contributed by atoms with van der Waals surface area (Å²) in [5, 5.41) is 10.5. The molecule has 0 amide bonds. The smallest absolute Gasteiger partial charge is 0.358 e. The van der Waals surface area contributed by atoms with Gasteiger partial charge in [0.2, 0.25) is 0 Å². The van der Waals surface area contributed by atoms with Crippen LogP contribution in [-0.2, 0) is 10.0 Å². The highest BCUT2D eigenvalue weighted by Gasteiger charge is 2.19. The van der Waals surface area contributed by atoms with Crippen LogP contribution in [0.4, 0.5) is 11.6 Å². The minimum absolute atomic E-state index is 0.177. The largest absolute Gasteiger partial charge is 0.363 e. The number of anilines is 1. The van der Waals surface area contributed by atoms with Gasteiger partial charge in [0.25, 0.3) is 10.0 Å². The molecule has 0 spiro atoms. The van der Waals surface area contributed by atoms with Gasteiger partial charge in [0.1, 0.15) is 10.7 Å². The number of hydrogen-bond donors (Lipinski definition) is 1. The van der Waals surface area contributed by atoms with Crippen LogP contribution in [0.2, 0.25) is 0 Å². The van der Waals surface area contributed by atoms with Crippen LogP contribution < -0.4 is 4.72 Å². The molecule has 110 valence electrons. The number of hydrogen-bond acceptors (Lipinski definition) is 6. The summed E-state index contributed by atoms with van der Waals surface area (Å²) in [5.74, 6) is -0.247. The number of pyridine rings is 2. The molecule has 2 rings (SSSR count). The number of nitro groups is 1. The maximum atomic E-state index is 12.1. The zero-order valence-corrected chi connectivity index (χ0v) is 13.1. The van der Waals surface area contributed by atoms with E-state index in [-0.39, 0.29) is 10.7 Å². The molecule has 0 saturated carbocycles. The summed E-state index contributed by atoms with van der Waals surface area (Å²) in [6.07, 6.45) is 2.38. The van der Waals surface area contributed by atoms with Crippen LogP contribution in [0, 0.1) is 17.0 Å². The normalized spacial score (nSPS) is 11.1. The van der Waals surface area contributed by atoms with E-state index < -0.39 is 20.8 Å². The van der Waals surface area contributed by atoms with Gasteiger partial charge >= 0.3 is 5.82 Å². The van der Waals surface area contributed by atoms with Crippen LogP contribution in [0.5, 0.6) is 0 Å². The van der Waals surface area contributed by atoms with Gasteiger partial charge in [0.05, 0.1) is 0 Å². The fraction of sp³-hybridized carbons (Fsp3) is 0.0909. The number of nitrogens with one attached hydrogen (secondary N) is 1. The topological polar surface area (TPSA) is 115 Å². The van der Waals surface area contributed by atoms with Crippen LogP contribution in [-0.4, -0.2) is 23.3 Å². The highest BCUT2D eigenvalue weighted by Crippen LogP contribution is 2.20. The van der Waals surface area contributed by atoms with E-state index in [1.807, 2.05) is 0 Å². The molecule has 0 atom stereocenters. The molecule has 2 heterocycles. The first-order chi connectivity index (χ1) is 9.79. The summed E-state index contributed by atoms with van der Waals surface area (Å²) in [4.78, 5) is 17.1. The van der Waals surface area contributed by atoms with Gasteiger partial charge in [-0.3, -0.25) is 4.72 Å². The molecule has 0 radical (unpaired) electrons. The third kappa shape index (κ3) is 3.52. The number of nitrogens with zero attached hydrogens (tertiary/aromatic N) is 3. The van der Waals surface area contributed by atoms with E-state index in [4.69, 9.17) is 0 Å². The fourth-order valence-corrected chi connectivity index (χ4v) is 2.94. The zero-order valence-electron chi connectivity index (χ0n) is 10.6. The third-order valence-electron chi connectivity index (χ3n) is 2.49. The molecule has 10 heteroatoms. The standard InChI is InChI=1S/C11H9BrN4O4S/c1-7-4-8(12)5-14-11(7)15-21(19,20)9-2-3-10(13-6-9)16(17)18/h2-6H,1H3,(H,14,15). The van der Waals surface area contributed by atoms with E-state index in [1.54, 1.807) is 13.0 Å². The molecule has 0 bridgehead atoms. The van der Waals surface area contributed by atoms with Crippen molar-refractivity contribution in [2.45, 2.75) is 11.8 Å². The molecule has 2 aromatic heterocycles. The average molecular weight is 373 g/mol. The lowest BCUT2D eigenvalue weighted by atomic mass is 10.3. The van der Waals surface area contributed by atoms with Gasteiger partial charge in [0, 0.05) is 16.7 Å². The summed E-state index contributed by atoms with van der Waals surface area (Å²) >= 11 is 3.23. The van der Waals surface area contributed by atoms with Crippen LogP contribution >= 0.6 is 15.9 Å². The quantitative estimate of drug-likeness (QED) is 0.649. The first-order valence-corrected chi connectivity index (χ1v) is 7.82. The lowest BCUT2D eigenvalue weighted by molar-refractivity contribution is -0.389. The molecule has 8 nitrogen and oxygen atoms in total. The highest BCUT2D eigenvalue weighted by atomic mass is 79.9. The van der Waals surface area contributed by atoms with Crippen molar-refractivity contribution in [1.82, 2.24) is 9.97 Å². The Kier molecular flexibility index (Phi) is 4.19. The summed E-state index contributed by atoms with van der Waals surface area (Å²) in [6, 6.07) is 3.84. The van der Waals surface area contributed by atoms with E-state index in [9.17, 15) is 18.5 Å². The first kappa shape index (κ1) is 15.3. The second-order valence-corrected chi connectivity index (χ2v) is 6.63. The Morgan fingerprint density at radius 3 is 2.52 bits per heavy atom. The van der Waals surface area contributed by atoms with Gasteiger partial charge in [-0.2, -0.15) is 0 Å². The van der Waals surface area contributed by atoms with Crippen LogP contribution in [0.1, 0.15) is 5.56 Å². The number of halogens is 1. The number of aryl methyl sites for hydroxylation is 1. The molecule has 21 heavy (non-hydrogen) atoms. The van der Waals surface area contributed by atoms with Gasteiger partial charge in [-0.15, -0.1) is 0 Å². The molecule has 0 saturated heterocycles. The van der Waals surface area contributed by atoms with Crippen molar-refractivity contribution in [2.24, 2.45) is 0 Å². The first-order valence-electron chi connectivity index (χ1n) is 5.55. The number of sulfonamides is 1. The highest BCUT2D eigenvalue weighted by molar-refractivity contribution is 9.10. The van der Waals surface area contributed by atoms with E-state index in [0.29, 0.717) is 5.56 Å². The Hall–Kier alpha value is -2.07. The molecule has 0 aromatic carbocycles. The molecule has 1 N–H and O–H groups in total. The predicted molar refractivity (Wildman–Crippen MR) is 78.4 cm³/mol. The van der Waals surface area contributed by atoms with E-state index >= 15 is 0 Å². The van der Waals surface area contributed by atoms with Gasteiger partial charge < -0.3 is 10.1 Å². The number of rotatable bonds is 4. The third-order valence-corrected chi connectivity index (χ3v) is 4.25. The van der Waals surface area contributed by atoms with Crippen molar-refractivity contribution in [3.63, 3.8) is 0 Å². The second kappa shape index (κ2) is 5.74. The van der Waals surface area contributed by atoms with Gasteiger partial charge in [-0.1, -0.05) is 0 Å². The molecule has 0 aliphatic carbocycles. The van der Waals surface area contributed by atoms with Crippen molar-refractivity contribution < 1.29 is 13.3 Å². The zero-order chi connectivity index (χ0) is 15.6. The summed E-state index contributed by atoms with van der Waals surface area (Å²) < 4.78 is 27.3. The molecule has 0 fully saturated rings. The Morgan fingerprint density at radius 2 is 2.00 bits per heavy atom. The maximum Gasteiger partial charge on any atom is 0.363 e. The van der Waals surface area contributed by atoms with E-state index in [1.165, 1.54) is 6.20 Å². The molecule has 0 aliphatic heterocycles. The Labute approximate surface area is 128 Å². The molecule has 2 aromatic rings. The van der Waals surface area contributed by atoms with Gasteiger partial charge in [-0.25, -0.2) is 13.4 Å². The van der Waals surface area contributed by atoms with Crippen molar-refractivity contribution in [1.29, 1.82) is 0 Å². The lowest BCUT2D eigenvalue weighted by Gasteiger charge is -2.08. The lowest BCUT2D eigenvalue weighted by Crippen LogP contribution is -2.15. The van der Waals surface area contributed by atoms with Crippen LogP contribution in [0.15, 0.2) is 40.0 Å². The average Bonchev–Trinajstić information content (AvgIpc) is 2.42. The van der Waals surface area contributed by atoms with Crippen molar-refractivity contribution in [3.05, 3.63) is 50.7 Å². The second-order valence-electron chi connectivity index (χ2n) is 4.03. The summed E-state index contributed by atoms with van der Waals surface area (Å²) in [6.45, 7) is 1.70. The van der Waals surface area contributed by atoms with Gasteiger partial charge in [-0.05, 0) is 50.5 Å².